The lowest BCUT2D eigenvalue weighted by Crippen LogP contribution is -2.24. The van der Waals surface area contributed by atoms with Crippen molar-refractivity contribution in [2.24, 2.45) is 0 Å². The Morgan fingerprint density at radius 2 is 2.10 bits per heavy atom. The molecule has 0 amide bonds. The SMILES string of the molecule is CC(=O)OCC(O)COc1cccc(OCC2CO2)c1. The lowest BCUT2D eigenvalue weighted by Gasteiger charge is -2.13. The lowest BCUT2D eigenvalue weighted by atomic mass is 10.3. The second-order valence-corrected chi connectivity index (χ2v) is 4.51. The van der Waals surface area contributed by atoms with Crippen LogP contribution in [0.5, 0.6) is 11.5 Å². The number of epoxide rings is 1. The summed E-state index contributed by atoms with van der Waals surface area (Å²) in [6.45, 7) is 2.53. The number of rotatable bonds is 8. The molecule has 6 nitrogen and oxygen atoms in total. The average Bonchev–Trinajstić information content (AvgIpc) is 3.25. The Kier molecular flexibility index (Phi) is 5.20. The molecule has 2 atom stereocenters. The molecule has 0 bridgehead atoms. The van der Waals surface area contributed by atoms with E-state index in [1.165, 1.54) is 6.92 Å². The largest absolute Gasteiger partial charge is 0.491 e. The minimum Gasteiger partial charge on any atom is -0.491 e. The van der Waals surface area contributed by atoms with E-state index in [1.54, 1.807) is 18.2 Å². The van der Waals surface area contributed by atoms with Gasteiger partial charge < -0.3 is 24.1 Å². The van der Waals surface area contributed by atoms with E-state index in [9.17, 15) is 9.90 Å². The van der Waals surface area contributed by atoms with Gasteiger partial charge in [-0.15, -0.1) is 0 Å². The van der Waals surface area contributed by atoms with E-state index in [4.69, 9.17) is 14.2 Å². The smallest absolute Gasteiger partial charge is 0.302 e. The van der Waals surface area contributed by atoms with E-state index >= 15 is 0 Å². The number of hydrogen-bond acceptors (Lipinski definition) is 6. The first-order valence-corrected chi connectivity index (χ1v) is 6.42. The van der Waals surface area contributed by atoms with Crippen molar-refractivity contribution in [1.82, 2.24) is 0 Å². The summed E-state index contributed by atoms with van der Waals surface area (Å²) < 4.78 is 20.7. The number of hydrogen-bond donors (Lipinski definition) is 1. The third kappa shape index (κ3) is 5.46. The summed E-state index contributed by atoms with van der Waals surface area (Å²) in [6, 6.07) is 7.13. The Hall–Kier alpha value is -1.79. The van der Waals surface area contributed by atoms with E-state index in [2.05, 4.69) is 4.74 Å². The highest BCUT2D eigenvalue weighted by Crippen LogP contribution is 2.21. The van der Waals surface area contributed by atoms with Gasteiger partial charge in [-0.2, -0.15) is 0 Å². The van der Waals surface area contributed by atoms with Crippen LogP contribution in [0.1, 0.15) is 6.92 Å². The van der Waals surface area contributed by atoms with Crippen LogP contribution < -0.4 is 9.47 Å². The summed E-state index contributed by atoms with van der Waals surface area (Å²) in [7, 11) is 0. The fourth-order valence-electron chi connectivity index (χ4n) is 1.46. The van der Waals surface area contributed by atoms with Gasteiger partial charge in [-0.3, -0.25) is 4.79 Å². The normalized spacial score (nSPS) is 18.2. The summed E-state index contributed by atoms with van der Waals surface area (Å²) >= 11 is 0. The standard InChI is InChI=1S/C14H18O6/c1-10(15)17-6-11(16)7-18-12-3-2-4-13(5-12)19-8-14-9-20-14/h2-5,11,14,16H,6-9H2,1H3. The molecule has 1 fully saturated rings. The molecule has 2 unspecified atom stereocenters. The predicted octanol–water partition coefficient (Wildman–Crippen LogP) is 0.767. The highest BCUT2D eigenvalue weighted by atomic mass is 16.6. The molecule has 0 radical (unpaired) electrons. The minimum atomic E-state index is -0.858. The number of aliphatic hydroxyl groups excluding tert-OH is 1. The van der Waals surface area contributed by atoms with Crippen molar-refractivity contribution in [3.63, 3.8) is 0 Å². The van der Waals surface area contributed by atoms with E-state index in [-0.39, 0.29) is 19.3 Å². The number of aliphatic hydroxyl groups is 1. The number of ether oxygens (including phenoxy) is 4. The number of carbonyl (C=O) groups excluding carboxylic acids is 1. The second kappa shape index (κ2) is 7.12. The molecule has 0 aromatic heterocycles. The lowest BCUT2D eigenvalue weighted by molar-refractivity contribution is -0.144. The highest BCUT2D eigenvalue weighted by Gasteiger charge is 2.23. The van der Waals surface area contributed by atoms with Gasteiger partial charge in [0.15, 0.2) is 0 Å². The predicted molar refractivity (Wildman–Crippen MR) is 69.8 cm³/mol. The van der Waals surface area contributed by atoms with Gasteiger partial charge in [0.05, 0.1) is 6.61 Å². The van der Waals surface area contributed by atoms with Crippen LogP contribution in [-0.2, 0) is 14.3 Å². The second-order valence-electron chi connectivity index (χ2n) is 4.51. The van der Waals surface area contributed by atoms with E-state index < -0.39 is 12.1 Å². The zero-order valence-corrected chi connectivity index (χ0v) is 11.3. The molecule has 0 spiro atoms. The van der Waals surface area contributed by atoms with Crippen molar-refractivity contribution in [3.8, 4) is 11.5 Å². The van der Waals surface area contributed by atoms with Gasteiger partial charge in [0.1, 0.15) is 43.5 Å². The van der Waals surface area contributed by atoms with Gasteiger partial charge in [-0.1, -0.05) is 6.07 Å². The monoisotopic (exact) mass is 282 g/mol. The fourth-order valence-corrected chi connectivity index (χ4v) is 1.46. The Labute approximate surface area is 117 Å². The van der Waals surface area contributed by atoms with Crippen LogP contribution in [-0.4, -0.2) is 49.7 Å². The molecule has 0 saturated carbocycles. The molecule has 110 valence electrons. The molecular weight excluding hydrogens is 264 g/mol. The summed E-state index contributed by atoms with van der Waals surface area (Å²) in [5.74, 6) is 0.843. The van der Waals surface area contributed by atoms with Gasteiger partial charge in [-0.05, 0) is 12.1 Å². The average molecular weight is 282 g/mol. The Balaban J connectivity index is 1.73. The fraction of sp³-hybridized carbons (Fsp3) is 0.500. The number of carbonyl (C=O) groups is 1. The van der Waals surface area contributed by atoms with Crippen molar-refractivity contribution in [1.29, 1.82) is 0 Å². The third-order valence-electron chi connectivity index (χ3n) is 2.57. The molecule has 1 aliphatic heterocycles. The highest BCUT2D eigenvalue weighted by molar-refractivity contribution is 5.65. The molecule has 1 aromatic rings. The van der Waals surface area contributed by atoms with Crippen molar-refractivity contribution < 1.29 is 28.8 Å². The van der Waals surface area contributed by atoms with Crippen LogP contribution in [0.25, 0.3) is 0 Å². The molecular formula is C14H18O6. The summed E-state index contributed by atoms with van der Waals surface area (Å²) in [5.41, 5.74) is 0. The zero-order valence-electron chi connectivity index (χ0n) is 11.3. The summed E-state index contributed by atoms with van der Waals surface area (Å²) in [6.07, 6.45) is -0.659. The maximum atomic E-state index is 10.6. The Morgan fingerprint density at radius 3 is 2.75 bits per heavy atom. The zero-order chi connectivity index (χ0) is 14.4. The van der Waals surface area contributed by atoms with Gasteiger partial charge >= 0.3 is 5.97 Å². The van der Waals surface area contributed by atoms with Crippen LogP contribution in [0, 0.1) is 0 Å². The van der Waals surface area contributed by atoms with Crippen LogP contribution in [0.2, 0.25) is 0 Å². The van der Waals surface area contributed by atoms with Crippen molar-refractivity contribution >= 4 is 5.97 Å². The minimum absolute atomic E-state index is 0.0441. The summed E-state index contributed by atoms with van der Waals surface area (Å²) in [4.78, 5) is 10.6. The van der Waals surface area contributed by atoms with E-state index in [1.807, 2.05) is 6.07 Å². The Bertz CT molecular complexity index is 443. The first-order chi connectivity index (χ1) is 9.63. The first kappa shape index (κ1) is 14.6. The first-order valence-electron chi connectivity index (χ1n) is 6.42. The van der Waals surface area contributed by atoms with Crippen LogP contribution >= 0.6 is 0 Å². The van der Waals surface area contributed by atoms with E-state index in [0.717, 1.165) is 6.61 Å². The molecule has 1 heterocycles. The maximum absolute atomic E-state index is 10.6. The molecule has 1 N–H and O–H groups in total. The summed E-state index contributed by atoms with van der Waals surface area (Å²) in [5, 5.41) is 9.56. The van der Waals surface area contributed by atoms with Crippen molar-refractivity contribution in [2.45, 2.75) is 19.1 Å². The van der Waals surface area contributed by atoms with Crippen LogP contribution in [0.15, 0.2) is 24.3 Å². The molecule has 1 aromatic carbocycles. The number of benzene rings is 1. The topological polar surface area (TPSA) is 77.5 Å². The molecule has 20 heavy (non-hydrogen) atoms. The van der Waals surface area contributed by atoms with Gasteiger partial charge in [0, 0.05) is 13.0 Å². The van der Waals surface area contributed by atoms with E-state index in [0.29, 0.717) is 18.1 Å². The van der Waals surface area contributed by atoms with Crippen molar-refractivity contribution in [2.75, 3.05) is 26.4 Å². The Morgan fingerprint density at radius 1 is 1.40 bits per heavy atom. The van der Waals surface area contributed by atoms with Gasteiger partial charge in [0.25, 0.3) is 0 Å². The molecule has 1 saturated heterocycles. The van der Waals surface area contributed by atoms with Crippen LogP contribution in [0.4, 0.5) is 0 Å². The van der Waals surface area contributed by atoms with Gasteiger partial charge in [-0.25, -0.2) is 0 Å². The number of esters is 1. The maximum Gasteiger partial charge on any atom is 0.302 e. The van der Waals surface area contributed by atoms with Crippen molar-refractivity contribution in [3.05, 3.63) is 24.3 Å². The third-order valence-corrected chi connectivity index (χ3v) is 2.57. The molecule has 2 rings (SSSR count). The van der Waals surface area contributed by atoms with Crippen LogP contribution in [0.3, 0.4) is 0 Å². The van der Waals surface area contributed by atoms with Gasteiger partial charge in [0.2, 0.25) is 0 Å². The molecule has 6 heteroatoms. The quantitative estimate of drug-likeness (QED) is 0.560. The molecule has 0 aliphatic carbocycles. The molecule has 1 aliphatic rings.